The zero-order chi connectivity index (χ0) is 15.5. The van der Waals surface area contributed by atoms with E-state index in [0.29, 0.717) is 17.9 Å². The van der Waals surface area contributed by atoms with E-state index in [2.05, 4.69) is 31.2 Å². The van der Waals surface area contributed by atoms with Gasteiger partial charge in [-0.05, 0) is 29.8 Å². The van der Waals surface area contributed by atoms with E-state index >= 15 is 0 Å². The Kier molecular flexibility index (Phi) is 3.97. The van der Waals surface area contributed by atoms with Gasteiger partial charge < -0.3 is 5.11 Å². The van der Waals surface area contributed by atoms with Crippen LogP contribution in [0.15, 0.2) is 53.1 Å². The van der Waals surface area contributed by atoms with Crippen molar-refractivity contribution < 1.29 is 9.90 Å². The van der Waals surface area contributed by atoms with E-state index in [-0.39, 0.29) is 5.69 Å². The number of halogens is 1. The van der Waals surface area contributed by atoms with Gasteiger partial charge in [-0.3, -0.25) is 4.98 Å². The van der Waals surface area contributed by atoms with Crippen LogP contribution in [0.4, 0.5) is 0 Å². The normalized spacial score (nSPS) is 10.6. The van der Waals surface area contributed by atoms with Gasteiger partial charge in [-0.1, -0.05) is 39.3 Å². The van der Waals surface area contributed by atoms with Gasteiger partial charge >= 0.3 is 5.97 Å². The largest absolute Gasteiger partial charge is 0.476 e. The number of pyridine rings is 1. The molecule has 0 aliphatic carbocycles. The van der Waals surface area contributed by atoms with Gasteiger partial charge in [-0.2, -0.15) is 0 Å². The minimum absolute atomic E-state index is 0.103. The minimum Gasteiger partial charge on any atom is -0.476 e. The predicted octanol–water partition coefficient (Wildman–Crippen LogP) is 2.85. The van der Waals surface area contributed by atoms with Gasteiger partial charge in [0.1, 0.15) is 5.69 Å². The van der Waals surface area contributed by atoms with Crippen molar-refractivity contribution in [2.24, 2.45) is 0 Å². The first-order valence-electron chi connectivity index (χ1n) is 6.48. The molecule has 0 atom stereocenters. The molecule has 22 heavy (non-hydrogen) atoms. The molecular formula is C15H11BrN4O2. The molecule has 0 radical (unpaired) electrons. The van der Waals surface area contributed by atoms with Crippen molar-refractivity contribution in [3.63, 3.8) is 0 Å². The lowest BCUT2D eigenvalue weighted by atomic mass is 10.2. The Morgan fingerprint density at radius 2 is 2.09 bits per heavy atom. The van der Waals surface area contributed by atoms with Crippen LogP contribution in [0.2, 0.25) is 0 Å². The molecule has 1 N–H and O–H groups in total. The molecule has 0 amide bonds. The number of aromatic nitrogens is 4. The molecule has 3 rings (SSSR count). The maximum Gasteiger partial charge on any atom is 0.358 e. The molecule has 0 aliphatic rings. The van der Waals surface area contributed by atoms with Crippen LogP contribution in [-0.2, 0) is 6.54 Å². The third-order valence-electron chi connectivity index (χ3n) is 3.07. The molecule has 7 heteroatoms. The van der Waals surface area contributed by atoms with Crippen molar-refractivity contribution in [2.45, 2.75) is 6.54 Å². The maximum absolute atomic E-state index is 11.4. The van der Waals surface area contributed by atoms with Crippen LogP contribution in [-0.4, -0.2) is 31.1 Å². The van der Waals surface area contributed by atoms with Crippen molar-refractivity contribution in [2.75, 3.05) is 0 Å². The number of carboxylic acids is 1. The highest BCUT2D eigenvalue weighted by Gasteiger charge is 2.21. The van der Waals surface area contributed by atoms with E-state index in [1.807, 2.05) is 24.3 Å². The zero-order valence-corrected chi connectivity index (χ0v) is 12.9. The molecule has 0 saturated heterocycles. The van der Waals surface area contributed by atoms with Crippen LogP contribution in [0.5, 0.6) is 0 Å². The van der Waals surface area contributed by atoms with Crippen molar-refractivity contribution in [3.8, 4) is 11.4 Å². The number of nitrogens with zero attached hydrogens (tertiary/aromatic N) is 4. The van der Waals surface area contributed by atoms with Crippen LogP contribution in [0.25, 0.3) is 11.4 Å². The van der Waals surface area contributed by atoms with Crippen LogP contribution in [0.3, 0.4) is 0 Å². The van der Waals surface area contributed by atoms with Crippen molar-refractivity contribution in [1.82, 2.24) is 20.0 Å². The molecule has 0 spiro atoms. The van der Waals surface area contributed by atoms with Gasteiger partial charge in [0.05, 0.1) is 12.2 Å². The lowest BCUT2D eigenvalue weighted by molar-refractivity contribution is 0.0691. The van der Waals surface area contributed by atoms with E-state index in [4.69, 9.17) is 0 Å². The van der Waals surface area contributed by atoms with E-state index in [1.54, 1.807) is 29.1 Å². The van der Waals surface area contributed by atoms with Crippen LogP contribution >= 0.6 is 15.9 Å². The predicted molar refractivity (Wildman–Crippen MR) is 83.5 cm³/mol. The fraction of sp³-hybridized carbons (Fsp3) is 0.0667. The quantitative estimate of drug-likeness (QED) is 0.775. The Balaban J connectivity index is 2.07. The van der Waals surface area contributed by atoms with Gasteiger partial charge in [0.25, 0.3) is 0 Å². The molecule has 0 bridgehead atoms. The SMILES string of the molecule is O=C(O)c1nnn(Cc2cccc(Br)c2)c1-c1ccccn1. The van der Waals surface area contributed by atoms with Gasteiger partial charge in [0, 0.05) is 10.7 Å². The summed E-state index contributed by atoms with van der Waals surface area (Å²) in [4.78, 5) is 15.6. The smallest absolute Gasteiger partial charge is 0.358 e. The number of rotatable bonds is 4. The Morgan fingerprint density at radius 3 is 2.77 bits per heavy atom. The highest BCUT2D eigenvalue weighted by molar-refractivity contribution is 9.10. The third kappa shape index (κ3) is 2.89. The number of hydrogen-bond donors (Lipinski definition) is 1. The van der Waals surface area contributed by atoms with Crippen LogP contribution in [0.1, 0.15) is 16.1 Å². The van der Waals surface area contributed by atoms with Gasteiger partial charge in [-0.25, -0.2) is 9.48 Å². The van der Waals surface area contributed by atoms with Crippen molar-refractivity contribution in [3.05, 3.63) is 64.4 Å². The lowest BCUT2D eigenvalue weighted by Gasteiger charge is -2.07. The molecule has 0 aliphatic heterocycles. The average molecular weight is 359 g/mol. The summed E-state index contributed by atoms with van der Waals surface area (Å²) >= 11 is 3.42. The topological polar surface area (TPSA) is 80.9 Å². The summed E-state index contributed by atoms with van der Waals surface area (Å²) in [6.07, 6.45) is 1.61. The van der Waals surface area contributed by atoms with E-state index < -0.39 is 5.97 Å². The first-order chi connectivity index (χ1) is 10.6. The summed E-state index contributed by atoms with van der Waals surface area (Å²) < 4.78 is 2.50. The summed E-state index contributed by atoms with van der Waals surface area (Å²) in [7, 11) is 0. The molecule has 110 valence electrons. The van der Waals surface area contributed by atoms with Crippen LogP contribution < -0.4 is 0 Å². The molecule has 2 aromatic heterocycles. The van der Waals surface area contributed by atoms with E-state index in [0.717, 1.165) is 10.0 Å². The lowest BCUT2D eigenvalue weighted by Crippen LogP contribution is -2.07. The molecule has 0 saturated carbocycles. The number of carbonyl (C=O) groups is 1. The summed E-state index contributed by atoms with van der Waals surface area (Å²) in [6.45, 7) is 0.408. The first kappa shape index (κ1) is 14.4. The molecule has 2 heterocycles. The molecule has 1 aromatic carbocycles. The maximum atomic E-state index is 11.4. The van der Waals surface area contributed by atoms with E-state index in [1.165, 1.54) is 0 Å². The van der Waals surface area contributed by atoms with Gasteiger partial charge in [0.2, 0.25) is 0 Å². The number of aromatic carboxylic acids is 1. The number of hydrogen-bond acceptors (Lipinski definition) is 4. The monoisotopic (exact) mass is 358 g/mol. The second-order valence-corrected chi connectivity index (χ2v) is 5.51. The summed E-state index contributed by atoms with van der Waals surface area (Å²) in [6, 6.07) is 13.0. The van der Waals surface area contributed by atoms with Gasteiger partial charge in [-0.15, -0.1) is 5.10 Å². The van der Waals surface area contributed by atoms with Gasteiger partial charge in [0.15, 0.2) is 5.69 Å². The minimum atomic E-state index is -1.12. The summed E-state index contributed by atoms with van der Waals surface area (Å²) in [5, 5.41) is 17.0. The number of benzene rings is 1. The Morgan fingerprint density at radius 1 is 1.23 bits per heavy atom. The highest BCUT2D eigenvalue weighted by atomic mass is 79.9. The standard InChI is InChI=1S/C15H11BrN4O2/c16-11-5-3-4-10(8-11)9-20-14(12-6-1-2-7-17-12)13(15(21)22)18-19-20/h1-8H,9H2,(H,21,22). The molecule has 6 nitrogen and oxygen atoms in total. The Hall–Kier alpha value is -2.54. The fourth-order valence-corrected chi connectivity index (χ4v) is 2.58. The molecule has 3 aromatic rings. The number of carboxylic acid groups (broad SMARTS) is 1. The van der Waals surface area contributed by atoms with E-state index in [9.17, 15) is 9.90 Å². The Labute approximate surface area is 134 Å². The molecular weight excluding hydrogens is 348 g/mol. The molecule has 0 unspecified atom stereocenters. The second kappa shape index (κ2) is 6.07. The highest BCUT2D eigenvalue weighted by Crippen LogP contribution is 2.21. The first-order valence-corrected chi connectivity index (χ1v) is 7.27. The fourth-order valence-electron chi connectivity index (χ4n) is 2.13. The summed E-state index contributed by atoms with van der Waals surface area (Å²) in [5.41, 5.74) is 1.80. The third-order valence-corrected chi connectivity index (χ3v) is 3.56. The summed E-state index contributed by atoms with van der Waals surface area (Å²) in [5.74, 6) is -1.12. The average Bonchev–Trinajstić information content (AvgIpc) is 2.92. The zero-order valence-electron chi connectivity index (χ0n) is 11.3. The Bertz CT molecular complexity index is 817. The van der Waals surface area contributed by atoms with Crippen molar-refractivity contribution >= 4 is 21.9 Å². The van der Waals surface area contributed by atoms with Crippen molar-refractivity contribution in [1.29, 1.82) is 0 Å². The second-order valence-electron chi connectivity index (χ2n) is 4.59. The molecule has 0 fully saturated rings. The van der Waals surface area contributed by atoms with Crippen LogP contribution in [0, 0.1) is 0 Å².